The van der Waals surface area contributed by atoms with E-state index in [2.05, 4.69) is 10.1 Å². The second-order valence-corrected chi connectivity index (χ2v) is 6.53. The van der Waals surface area contributed by atoms with Crippen LogP contribution in [0.4, 0.5) is 0 Å². The normalized spacial score (nSPS) is 16.9. The van der Waals surface area contributed by atoms with Gasteiger partial charge in [0.15, 0.2) is 0 Å². The molecule has 1 atom stereocenters. The first-order valence-corrected chi connectivity index (χ1v) is 9.11. The number of benzene rings is 2. The molecule has 0 unspecified atom stereocenters. The zero-order valence-electron chi connectivity index (χ0n) is 15.2. The maximum atomic E-state index is 13.0. The molecule has 1 aliphatic heterocycles. The Balaban J connectivity index is 1.63. The summed E-state index contributed by atoms with van der Waals surface area (Å²) in [6.07, 6.45) is 2.81. The van der Waals surface area contributed by atoms with E-state index in [9.17, 15) is 4.79 Å². The molecule has 2 aromatic carbocycles. The van der Waals surface area contributed by atoms with Crippen LogP contribution in [-0.2, 0) is 0 Å². The van der Waals surface area contributed by atoms with Crippen LogP contribution in [0, 0.1) is 0 Å². The predicted octanol–water partition coefficient (Wildman–Crippen LogP) is 4.11. The van der Waals surface area contributed by atoms with Gasteiger partial charge in [-0.05, 0) is 43.5 Å². The van der Waals surface area contributed by atoms with E-state index < -0.39 is 0 Å². The van der Waals surface area contributed by atoms with Gasteiger partial charge >= 0.3 is 0 Å². The van der Waals surface area contributed by atoms with Crippen molar-refractivity contribution in [1.82, 2.24) is 15.0 Å². The summed E-state index contributed by atoms with van der Waals surface area (Å²) >= 11 is 0. The van der Waals surface area contributed by atoms with Gasteiger partial charge in [0.1, 0.15) is 11.8 Å². The number of rotatable bonds is 4. The van der Waals surface area contributed by atoms with Gasteiger partial charge in [-0.15, -0.1) is 0 Å². The maximum Gasteiger partial charge on any atom is 0.254 e. The lowest BCUT2D eigenvalue weighted by Crippen LogP contribution is -2.38. The van der Waals surface area contributed by atoms with Crippen molar-refractivity contribution in [3.63, 3.8) is 0 Å². The molecule has 0 N–H and O–H groups in total. The lowest BCUT2D eigenvalue weighted by atomic mass is 10.0. The molecule has 1 aliphatic rings. The number of hydrogen-bond donors (Lipinski definition) is 0. The summed E-state index contributed by atoms with van der Waals surface area (Å²) in [5.74, 6) is 1.63. The van der Waals surface area contributed by atoms with Crippen molar-refractivity contribution in [3.05, 3.63) is 66.1 Å². The van der Waals surface area contributed by atoms with Crippen LogP contribution in [0.2, 0.25) is 0 Å². The largest absolute Gasteiger partial charge is 0.496 e. The maximum absolute atomic E-state index is 13.0. The van der Waals surface area contributed by atoms with Crippen molar-refractivity contribution < 1.29 is 14.1 Å². The number of carbonyl (C=O) groups excluding carboxylic acids is 1. The van der Waals surface area contributed by atoms with E-state index in [1.165, 1.54) is 0 Å². The molecular formula is C21H21N3O3. The van der Waals surface area contributed by atoms with Gasteiger partial charge < -0.3 is 14.2 Å². The van der Waals surface area contributed by atoms with E-state index in [0.717, 1.165) is 24.8 Å². The lowest BCUT2D eigenvalue weighted by Gasteiger charge is -2.33. The van der Waals surface area contributed by atoms with Crippen molar-refractivity contribution >= 4 is 5.91 Å². The standard InChI is InChI=1S/C21H21N3O3/c1-26-18-13-6-5-11-16(18)19-22-20(27-23-19)17-12-7-8-14-24(17)21(25)15-9-3-2-4-10-15/h2-6,9-11,13,17H,7-8,12,14H2,1H3/t17-/m1/s1. The van der Waals surface area contributed by atoms with Crippen LogP contribution in [0.1, 0.15) is 41.6 Å². The number of nitrogens with zero attached hydrogens (tertiary/aromatic N) is 3. The zero-order chi connectivity index (χ0) is 18.6. The van der Waals surface area contributed by atoms with Crippen LogP contribution in [0.15, 0.2) is 59.1 Å². The molecule has 1 fully saturated rings. The molecule has 0 saturated carbocycles. The number of hydrogen-bond acceptors (Lipinski definition) is 5. The summed E-state index contributed by atoms with van der Waals surface area (Å²) in [6, 6.07) is 16.7. The molecule has 6 heteroatoms. The monoisotopic (exact) mass is 363 g/mol. The van der Waals surface area contributed by atoms with Crippen molar-refractivity contribution in [2.75, 3.05) is 13.7 Å². The summed E-state index contributed by atoms with van der Waals surface area (Å²) < 4.78 is 10.9. The summed E-state index contributed by atoms with van der Waals surface area (Å²) in [6.45, 7) is 0.685. The molecule has 6 nitrogen and oxygen atoms in total. The molecule has 3 aromatic rings. The van der Waals surface area contributed by atoms with E-state index in [0.29, 0.717) is 29.6 Å². The molecule has 138 valence electrons. The molecule has 0 radical (unpaired) electrons. The van der Waals surface area contributed by atoms with Gasteiger partial charge in [-0.25, -0.2) is 0 Å². The second kappa shape index (κ2) is 7.61. The number of likely N-dealkylation sites (tertiary alicyclic amines) is 1. The van der Waals surface area contributed by atoms with Crippen molar-refractivity contribution in [1.29, 1.82) is 0 Å². The third-order valence-corrected chi connectivity index (χ3v) is 4.86. The van der Waals surface area contributed by atoms with Crippen LogP contribution in [-0.4, -0.2) is 34.6 Å². The average molecular weight is 363 g/mol. The zero-order valence-corrected chi connectivity index (χ0v) is 15.2. The van der Waals surface area contributed by atoms with Gasteiger partial charge in [0.2, 0.25) is 11.7 Å². The highest BCUT2D eigenvalue weighted by molar-refractivity contribution is 5.94. The van der Waals surface area contributed by atoms with Crippen molar-refractivity contribution in [2.45, 2.75) is 25.3 Å². The Morgan fingerprint density at radius 3 is 2.70 bits per heavy atom. The first kappa shape index (κ1) is 17.3. The topological polar surface area (TPSA) is 68.5 Å². The predicted molar refractivity (Wildman–Crippen MR) is 100 cm³/mol. The first-order chi connectivity index (χ1) is 13.3. The average Bonchev–Trinajstić information content (AvgIpc) is 3.24. The molecule has 1 saturated heterocycles. The highest BCUT2D eigenvalue weighted by Gasteiger charge is 2.33. The summed E-state index contributed by atoms with van der Waals surface area (Å²) in [5.41, 5.74) is 1.45. The van der Waals surface area contributed by atoms with Crippen LogP contribution in [0.5, 0.6) is 5.75 Å². The summed E-state index contributed by atoms with van der Waals surface area (Å²) in [5, 5.41) is 4.13. The van der Waals surface area contributed by atoms with Gasteiger partial charge in [-0.1, -0.05) is 35.5 Å². The minimum atomic E-state index is -0.206. The van der Waals surface area contributed by atoms with Gasteiger partial charge in [-0.3, -0.25) is 4.79 Å². The third-order valence-electron chi connectivity index (χ3n) is 4.86. The van der Waals surface area contributed by atoms with Crippen LogP contribution in [0.3, 0.4) is 0 Å². The fourth-order valence-electron chi connectivity index (χ4n) is 3.49. The number of methoxy groups -OCH3 is 1. The Bertz CT molecular complexity index is 923. The van der Waals surface area contributed by atoms with E-state index in [1.807, 2.05) is 59.5 Å². The third kappa shape index (κ3) is 3.43. The molecule has 0 aliphatic carbocycles. The number of piperidine rings is 1. The SMILES string of the molecule is COc1ccccc1-c1noc([C@H]2CCCCN2C(=O)c2ccccc2)n1. The van der Waals surface area contributed by atoms with Crippen LogP contribution >= 0.6 is 0 Å². The fourth-order valence-corrected chi connectivity index (χ4v) is 3.49. The van der Waals surface area contributed by atoms with E-state index >= 15 is 0 Å². The highest BCUT2D eigenvalue weighted by atomic mass is 16.5. The van der Waals surface area contributed by atoms with Gasteiger partial charge in [0.05, 0.1) is 12.7 Å². The second-order valence-electron chi connectivity index (χ2n) is 6.53. The highest BCUT2D eigenvalue weighted by Crippen LogP contribution is 2.34. The van der Waals surface area contributed by atoms with Gasteiger partial charge in [0, 0.05) is 12.1 Å². The number of amides is 1. The molecule has 1 aromatic heterocycles. The molecule has 0 bridgehead atoms. The van der Waals surface area contributed by atoms with Crippen LogP contribution < -0.4 is 4.74 Å². The number of aromatic nitrogens is 2. The Labute approximate surface area is 157 Å². The summed E-state index contributed by atoms with van der Waals surface area (Å²) in [4.78, 5) is 19.4. The first-order valence-electron chi connectivity index (χ1n) is 9.11. The Morgan fingerprint density at radius 2 is 1.89 bits per heavy atom. The Hall–Kier alpha value is -3.15. The number of ether oxygens (including phenoxy) is 1. The quantitative estimate of drug-likeness (QED) is 0.698. The van der Waals surface area contributed by atoms with E-state index in [1.54, 1.807) is 7.11 Å². The minimum absolute atomic E-state index is 0.00246. The molecular weight excluding hydrogens is 342 g/mol. The molecule has 4 rings (SSSR count). The van der Waals surface area contributed by atoms with E-state index in [4.69, 9.17) is 9.26 Å². The van der Waals surface area contributed by atoms with Gasteiger partial charge in [0.25, 0.3) is 5.91 Å². The van der Waals surface area contributed by atoms with Crippen LogP contribution in [0.25, 0.3) is 11.4 Å². The van der Waals surface area contributed by atoms with Gasteiger partial charge in [-0.2, -0.15) is 4.98 Å². The van der Waals surface area contributed by atoms with Crippen molar-refractivity contribution in [3.8, 4) is 17.1 Å². The molecule has 2 heterocycles. The Kier molecular flexibility index (Phi) is 4.87. The number of carbonyl (C=O) groups is 1. The fraction of sp³-hybridized carbons (Fsp3) is 0.286. The Morgan fingerprint density at radius 1 is 1.11 bits per heavy atom. The smallest absolute Gasteiger partial charge is 0.254 e. The summed E-state index contributed by atoms with van der Waals surface area (Å²) in [7, 11) is 1.61. The van der Waals surface area contributed by atoms with E-state index in [-0.39, 0.29) is 11.9 Å². The van der Waals surface area contributed by atoms with Crippen molar-refractivity contribution in [2.24, 2.45) is 0 Å². The minimum Gasteiger partial charge on any atom is -0.496 e. The number of para-hydroxylation sites is 1. The molecule has 27 heavy (non-hydrogen) atoms. The molecule has 1 amide bonds. The molecule has 0 spiro atoms. The lowest BCUT2D eigenvalue weighted by molar-refractivity contribution is 0.0561.